The summed E-state index contributed by atoms with van der Waals surface area (Å²) >= 11 is 12.2. The zero-order valence-electron chi connectivity index (χ0n) is 11.2. The second-order valence-electron chi connectivity index (χ2n) is 4.77. The molecule has 3 aromatic rings. The number of halogens is 2. The summed E-state index contributed by atoms with van der Waals surface area (Å²) in [5.74, 6) is 0.876. The fraction of sp³-hybridized carbons (Fsp3) is 0.0625. The van der Waals surface area contributed by atoms with Crippen molar-refractivity contribution in [2.45, 2.75) is 6.92 Å². The van der Waals surface area contributed by atoms with Gasteiger partial charge in [0.2, 0.25) is 0 Å². The number of anilines is 1. The largest absolute Gasteiger partial charge is 0.380 e. The van der Waals surface area contributed by atoms with Crippen LogP contribution in [0.3, 0.4) is 0 Å². The van der Waals surface area contributed by atoms with Crippen LogP contribution in [-0.2, 0) is 0 Å². The normalized spacial score (nSPS) is 10.8. The molecule has 0 aliphatic carbocycles. The molecule has 0 radical (unpaired) electrons. The van der Waals surface area contributed by atoms with Crippen LogP contribution in [0.4, 0.5) is 5.82 Å². The van der Waals surface area contributed by atoms with Gasteiger partial charge in [0.25, 0.3) is 0 Å². The number of nitrogen functional groups attached to an aromatic ring is 1. The number of nitrogens with two attached hydrogens (primary N) is 1. The monoisotopic (exact) mass is 318 g/mol. The van der Waals surface area contributed by atoms with Gasteiger partial charge >= 0.3 is 0 Å². The Kier molecular flexibility index (Phi) is 3.62. The van der Waals surface area contributed by atoms with Crippen LogP contribution in [0.25, 0.3) is 22.5 Å². The molecule has 0 unspecified atom stereocenters. The highest BCUT2D eigenvalue weighted by atomic mass is 35.5. The summed E-state index contributed by atoms with van der Waals surface area (Å²) in [4.78, 5) is 0. The summed E-state index contributed by atoms with van der Waals surface area (Å²) in [6.45, 7) is 2.02. The molecule has 5 heteroatoms. The smallest absolute Gasteiger partial charge is 0.178 e. The first-order valence-corrected chi connectivity index (χ1v) is 7.09. The second kappa shape index (κ2) is 5.43. The van der Waals surface area contributed by atoms with Gasteiger partial charge in [-0.1, -0.05) is 58.2 Å². The van der Waals surface area contributed by atoms with Crippen LogP contribution >= 0.6 is 23.2 Å². The van der Waals surface area contributed by atoms with E-state index in [9.17, 15) is 0 Å². The van der Waals surface area contributed by atoms with Gasteiger partial charge in [0.1, 0.15) is 0 Å². The molecule has 0 bridgehead atoms. The molecule has 0 fully saturated rings. The average molecular weight is 319 g/mol. The Hall–Kier alpha value is -1.97. The number of aryl methyl sites for hydroxylation is 1. The fourth-order valence-electron chi connectivity index (χ4n) is 2.24. The molecule has 21 heavy (non-hydrogen) atoms. The van der Waals surface area contributed by atoms with Gasteiger partial charge in [-0.3, -0.25) is 0 Å². The molecular weight excluding hydrogens is 307 g/mol. The van der Waals surface area contributed by atoms with Crippen molar-refractivity contribution in [3.63, 3.8) is 0 Å². The third-order valence-corrected chi connectivity index (χ3v) is 3.75. The van der Waals surface area contributed by atoms with Crippen LogP contribution in [-0.4, -0.2) is 5.16 Å². The Morgan fingerprint density at radius 1 is 1.10 bits per heavy atom. The molecule has 1 heterocycles. The van der Waals surface area contributed by atoms with Crippen molar-refractivity contribution < 1.29 is 4.52 Å². The Morgan fingerprint density at radius 2 is 1.90 bits per heavy atom. The highest BCUT2D eigenvalue weighted by molar-refractivity contribution is 6.36. The number of benzene rings is 2. The minimum absolute atomic E-state index is 0.335. The first-order valence-electron chi connectivity index (χ1n) is 6.34. The van der Waals surface area contributed by atoms with Crippen LogP contribution in [0.5, 0.6) is 0 Å². The summed E-state index contributed by atoms with van der Waals surface area (Å²) < 4.78 is 5.39. The van der Waals surface area contributed by atoms with Crippen molar-refractivity contribution in [3.05, 3.63) is 58.1 Å². The molecule has 2 aromatic carbocycles. The third-order valence-electron chi connectivity index (χ3n) is 3.20. The molecule has 0 aliphatic heterocycles. The lowest BCUT2D eigenvalue weighted by molar-refractivity contribution is 0.436. The van der Waals surface area contributed by atoms with Crippen LogP contribution in [0.15, 0.2) is 47.0 Å². The maximum atomic E-state index is 6.25. The standard InChI is InChI=1S/C16H12Cl2N2O/c1-9-3-2-4-10(7-9)14-15(21-20-16(14)19)12-6-5-11(17)8-13(12)18/h2-8H,1H3,(H2,19,20). The van der Waals surface area contributed by atoms with Gasteiger partial charge in [0.05, 0.1) is 10.6 Å². The molecule has 2 N–H and O–H groups in total. The SMILES string of the molecule is Cc1cccc(-c2c(N)noc2-c2ccc(Cl)cc2Cl)c1. The minimum Gasteiger partial charge on any atom is -0.380 e. The maximum Gasteiger partial charge on any atom is 0.178 e. The van der Waals surface area contributed by atoms with Gasteiger partial charge in [-0.2, -0.15) is 0 Å². The van der Waals surface area contributed by atoms with Crippen molar-refractivity contribution >= 4 is 29.0 Å². The Balaban J connectivity index is 2.22. The first kappa shape index (κ1) is 14.0. The molecule has 0 saturated carbocycles. The van der Waals surface area contributed by atoms with E-state index >= 15 is 0 Å². The molecule has 0 amide bonds. The lowest BCUT2D eigenvalue weighted by Gasteiger charge is -2.06. The van der Waals surface area contributed by atoms with Crippen molar-refractivity contribution in [1.82, 2.24) is 5.16 Å². The molecule has 106 valence electrons. The molecule has 0 spiro atoms. The van der Waals surface area contributed by atoms with E-state index in [1.165, 1.54) is 0 Å². The van der Waals surface area contributed by atoms with E-state index in [0.717, 1.165) is 16.7 Å². The van der Waals surface area contributed by atoms with E-state index in [2.05, 4.69) is 5.16 Å². The van der Waals surface area contributed by atoms with E-state index in [-0.39, 0.29) is 0 Å². The van der Waals surface area contributed by atoms with E-state index in [4.69, 9.17) is 33.5 Å². The molecule has 3 rings (SSSR count). The first-order chi connectivity index (χ1) is 10.1. The predicted molar refractivity (Wildman–Crippen MR) is 86.5 cm³/mol. The molecule has 0 aliphatic rings. The van der Waals surface area contributed by atoms with E-state index in [1.807, 2.05) is 31.2 Å². The highest BCUT2D eigenvalue weighted by Gasteiger charge is 2.19. The Bertz CT molecular complexity index is 812. The van der Waals surface area contributed by atoms with Gasteiger partial charge in [0.15, 0.2) is 11.6 Å². The lowest BCUT2D eigenvalue weighted by atomic mass is 10.00. The van der Waals surface area contributed by atoms with Gasteiger partial charge in [-0.05, 0) is 30.7 Å². The number of nitrogens with zero attached hydrogens (tertiary/aromatic N) is 1. The summed E-state index contributed by atoms with van der Waals surface area (Å²) in [5, 5.41) is 4.93. The van der Waals surface area contributed by atoms with E-state index < -0.39 is 0 Å². The molecule has 0 atom stereocenters. The van der Waals surface area contributed by atoms with Gasteiger partial charge in [0, 0.05) is 10.6 Å². The van der Waals surface area contributed by atoms with Crippen molar-refractivity contribution in [2.24, 2.45) is 0 Å². The quantitative estimate of drug-likeness (QED) is 0.706. The third kappa shape index (κ3) is 2.62. The summed E-state index contributed by atoms with van der Waals surface area (Å²) in [6.07, 6.45) is 0. The summed E-state index contributed by atoms with van der Waals surface area (Å²) in [7, 11) is 0. The lowest BCUT2D eigenvalue weighted by Crippen LogP contribution is -1.89. The minimum atomic E-state index is 0.335. The highest BCUT2D eigenvalue weighted by Crippen LogP contribution is 2.40. The zero-order chi connectivity index (χ0) is 15.0. The number of aromatic nitrogens is 1. The van der Waals surface area contributed by atoms with Gasteiger partial charge < -0.3 is 10.3 Å². The summed E-state index contributed by atoms with van der Waals surface area (Å²) in [5.41, 5.74) is 9.48. The van der Waals surface area contributed by atoms with E-state index in [1.54, 1.807) is 18.2 Å². The van der Waals surface area contributed by atoms with Crippen molar-refractivity contribution in [1.29, 1.82) is 0 Å². The zero-order valence-corrected chi connectivity index (χ0v) is 12.7. The number of hydrogen-bond donors (Lipinski definition) is 1. The van der Waals surface area contributed by atoms with Crippen LogP contribution in [0, 0.1) is 6.92 Å². The molecule has 1 aromatic heterocycles. The molecule has 0 saturated heterocycles. The van der Waals surface area contributed by atoms with Crippen molar-refractivity contribution in [2.75, 3.05) is 5.73 Å². The Labute approximate surface area is 132 Å². The van der Waals surface area contributed by atoms with Gasteiger partial charge in [-0.25, -0.2) is 0 Å². The topological polar surface area (TPSA) is 52.0 Å². The predicted octanol–water partition coefficient (Wildman–Crippen LogP) is 5.21. The summed E-state index contributed by atoms with van der Waals surface area (Å²) in [6, 6.07) is 13.2. The molecule has 3 nitrogen and oxygen atoms in total. The van der Waals surface area contributed by atoms with Crippen molar-refractivity contribution in [3.8, 4) is 22.5 Å². The van der Waals surface area contributed by atoms with Crippen LogP contribution in [0.1, 0.15) is 5.56 Å². The Morgan fingerprint density at radius 3 is 2.62 bits per heavy atom. The fourth-order valence-corrected chi connectivity index (χ4v) is 2.73. The average Bonchev–Trinajstić information content (AvgIpc) is 2.80. The second-order valence-corrected chi connectivity index (χ2v) is 5.61. The van der Waals surface area contributed by atoms with E-state index in [0.29, 0.717) is 27.2 Å². The maximum absolute atomic E-state index is 6.25. The van der Waals surface area contributed by atoms with Gasteiger partial charge in [-0.15, -0.1) is 0 Å². The van der Waals surface area contributed by atoms with Crippen LogP contribution in [0.2, 0.25) is 10.0 Å². The number of rotatable bonds is 2. The van der Waals surface area contributed by atoms with Crippen LogP contribution < -0.4 is 5.73 Å². The molecular formula is C16H12Cl2N2O. The number of hydrogen-bond acceptors (Lipinski definition) is 3.